The van der Waals surface area contributed by atoms with Gasteiger partial charge < -0.3 is 5.11 Å². The molecule has 0 aromatic carbocycles. The molecule has 0 aromatic rings. The first kappa shape index (κ1) is 17.9. The van der Waals surface area contributed by atoms with Gasteiger partial charge in [0.2, 0.25) is 0 Å². The Bertz CT molecular complexity index is 670. The summed E-state index contributed by atoms with van der Waals surface area (Å²) in [5, 5.41) is 11.4. The highest BCUT2D eigenvalue weighted by Gasteiger charge is 2.68. The van der Waals surface area contributed by atoms with Gasteiger partial charge in [0.25, 0.3) is 0 Å². The van der Waals surface area contributed by atoms with E-state index in [2.05, 4.69) is 29.8 Å². The molecule has 1 N–H and O–H groups in total. The standard InChI is InChI=1S/C21H29BrO3/c1-12(23)21(25)18(22)11-17-15-5-4-13-10-14(24)6-8-19(13,2)16(15)7-9-20(17,21)3/h10,15-18,25H,4-9,11H2,1-3H3/t15-,16+,17+,18+,19-,20-,21+/m0/s1. The average Bonchev–Trinajstić information content (AvgIpc) is 2.77. The van der Waals surface area contributed by atoms with Crippen LogP contribution in [0.4, 0.5) is 0 Å². The van der Waals surface area contributed by atoms with Crippen LogP contribution in [-0.4, -0.2) is 27.1 Å². The number of carbonyl (C=O) groups is 2. The fourth-order valence-corrected chi connectivity index (χ4v) is 8.41. The Morgan fingerprint density at radius 3 is 2.60 bits per heavy atom. The number of hydrogen-bond donors (Lipinski definition) is 1. The molecule has 0 heterocycles. The fraction of sp³-hybridized carbons (Fsp3) is 0.810. The highest BCUT2D eigenvalue weighted by molar-refractivity contribution is 9.09. The van der Waals surface area contributed by atoms with Crippen LogP contribution in [0.15, 0.2) is 11.6 Å². The van der Waals surface area contributed by atoms with Crippen molar-refractivity contribution in [3.05, 3.63) is 11.6 Å². The van der Waals surface area contributed by atoms with Gasteiger partial charge in [-0.25, -0.2) is 0 Å². The predicted molar refractivity (Wildman–Crippen MR) is 100 cm³/mol. The van der Waals surface area contributed by atoms with Crippen molar-refractivity contribution >= 4 is 27.5 Å². The van der Waals surface area contributed by atoms with Crippen molar-refractivity contribution in [3.8, 4) is 0 Å². The van der Waals surface area contributed by atoms with Gasteiger partial charge in [0.05, 0.1) is 4.83 Å². The maximum atomic E-state index is 12.4. The van der Waals surface area contributed by atoms with Crippen LogP contribution in [0.3, 0.4) is 0 Å². The van der Waals surface area contributed by atoms with E-state index >= 15 is 0 Å². The van der Waals surface area contributed by atoms with E-state index in [9.17, 15) is 14.7 Å². The molecule has 4 aliphatic rings. The summed E-state index contributed by atoms with van der Waals surface area (Å²) in [6.07, 6.45) is 8.49. The van der Waals surface area contributed by atoms with E-state index in [1.807, 2.05) is 6.08 Å². The Balaban J connectivity index is 1.72. The van der Waals surface area contributed by atoms with Crippen LogP contribution in [0.25, 0.3) is 0 Å². The summed E-state index contributed by atoms with van der Waals surface area (Å²) in [5.41, 5.74) is -0.0844. The number of rotatable bonds is 1. The zero-order chi connectivity index (χ0) is 18.2. The van der Waals surface area contributed by atoms with Gasteiger partial charge in [-0.1, -0.05) is 35.4 Å². The molecule has 0 amide bonds. The first-order valence-electron chi connectivity index (χ1n) is 9.76. The van der Waals surface area contributed by atoms with Gasteiger partial charge in [0.1, 0.15) is 5.60 Å². The summed E-state index contributed by atoms with van der Waals surface area (Å²) in [5.74, 6) is 1.69. The monoisotopic (exact) mass is 408 g/mol. The van der Waals surface area contributed by atoms with Gasteiger partial charge >= 0.3 is 0 Å². The van der Waals surface area contributed by atoms with E-state index in [1.165, 1.54) is 5.57 Å². The molecule has 3 saturated carbocycles. The first-order valence-corrected chi connectivity index (χ1v) is 10.7. The van der Waals surface area contributed by atoms with Crippen molar-refractivity contribution in [1.82, 2.24) is 0 Å². The van der Waals surface area contributed by atoms with E-state index in [4.69, 9.17) is 0 Å². The lowest BCUT2D eigenvalue weighted by molar-refractivity contribution is -0.159. The maximum Gasteiger partial charge on any atom is 0.163 e. The normalized spacial score (nSPS) is 52.0. The topological polar surface area (TPSA) is 54.4 Å². The number of Topliss-reactive ketones (excluding diaryl/α,β-unsaturated/α-hetero) is 1. The van der Waals surface area contributed by atoms with Gasteiger partial charge in [0.15, 0.2) is 11.6 Å². The maximum absolute atomic E-state index is 12.4. The predicted octanol–water partition coefficient (Wildman–Crippen LogP) is 4.21. The second-order valence-electron chi connectivity index (χ2n) is 9.45. The SMILES string of the molecule is CC(=O)[C@@]1(O)[C@H](Br)C[C@@H]2[C@H]3CCC4=CC(=O)CC[C@]4(C)[C@@H]3CC[C@@]21C. The largest absolute Gasteiger partial charge is 0.380 e. The van der Waals surface area contributed by atoms with Crippen molar-refractivity contribution in [3.63, 3.8) is 0 Å². The number of carbonyl (C=O) groups excluding carboxylic acids is 2. The quantitative estimate of drug-likeness (QED) is 0.660. The van der Waals surface area contributed by atoms with Crippen LogP contribution in [0, 0.1) is 28.6 Å². The molecule has 0 bridgehead atoms. The zero-order valence-corrected chi connectivity index (χ0v) is 17.1. The van der Waals surface area contributed by atoms with Crippen molar-refractivity contribution in [2.24, 2.45) is 28.6 Å². The van der Waals surface area contributed by atoms with E-state index in [0.717, 1.165) is 38.5 Å². The van der Waals surface area contributed by atoms with Crippen molar-refractivity contribution in [1.29, 1.82) is 0 Å². The molecule has 0 saturated heterocycles. The summed E-state index contributed by atoms with van der Waals surface area (Å²) in [4.78, 5) is 24.2. The van der Waals surface area contributed by atoms with Crippen LogP contribution >= 0.6 is 15.9 Å². The molecule has 0 unspecified atom stereocenters. The Labute approximate surface area is 158 Å². The smallest absolute Gasteiger partial charge is 0.163 e. The zero-order valence-electron chi connectivity index (χ0n) is 15.5. The molecule has 4 aliphatic carbocycles. The minimum atomic E-state index is -1.25. The summed E-state index contributed by atoms with van der Waals surface area (Å²) in [6, 6.07) is 0. The van der Waals surface area contributed by atoms with Crippen LogP contribution in [-0.2, 0) is 9.59 Å². The van der Waals surface area contributed by atoms with Crippen LogP contribution in [0.5, 0.6) is 0 Å². The average molecular weight is 409 g/mol. The van der Waals surface area contributed by atoms with E-state index in [1.54, 1.807) is 6.92 Å². The molecule has 0 aromatic heterocycles. The van der Waals surface area contributed by atoms with Crippen molar-refractivity contribution < 1.29 is 14.7 Å². The number of fused-ring (bicyclic) bond motifs is 5. The second-order valence-corrected chi connectivity index (χ2v) is 10.6. The molecule has 7 atom stereocenters. The van der Waals surface area contributed by atoms with Gasteiger partial charge in [-0.2, -0.15) is 0 Å². The molecule has 4 heteroatoms. The molecule has 0 aliphatic heterocycles. The lowest BCUT2D eigenvalue weighted by atomic mass is 9.46. The molecular formula is C21H29BrO3. The molecule has 138 valence electrons. The Morgan fingerprint density at radius 2 is 1.92 bits per heavy atom. The molecular weight excluding hydrogens is 380 g/mol. The minimum Gasteiger partial charge on any atom is -0.380 e. The van der Waals surface area contributed by atoms with Crippen LogP contribution < -0.4 is 0 Å². The first-order chi connectivity index (χ1) is 11.6. The third kappa shape index (κ3) is 2.13. The van der Waals surface area contributed by atoms with E-state index < -0.39 is 5.60 Å². The van der Waals surface area contributed by atoms with Crippen LogP contribution in [0.2, 0.25) is 0 Å². The highest BCUT2D eigenvalue weighted by atomic mass is 79.9. The summed E-state index contributed by atoms with van der Waals surface area (Å²) < 4.78 is 0. The Morgan fingerprint density at radius 1 is 1.20 bits per heavy atom. The second kappa shape index (κ2) is 5.51. The summed E-state index contributed by atoms with van der Waals surface area (Å²) >= 11 is 3.67. The van der Waals surface area contributed by atoms with Gasteiger partial charge in [-0.15, -0.1) is 0 Å². The van der Waals surface area contributed by atoms with Crippen molar-refractivity contribution in [2.45, 2.75) is 76.1 Å². The number of allylic oxidation sites excluding steroid dienone is 1. The lowest BCUT2D eigenvalue weighted by Gasteiger charge is -2.58. The van der Waals surface area contributed by atoms with Gasteiger partial charge in [-0.3, -0.25) is 9.59 Å². The summed E-state index contributed by atoms with van der Waals surface area (Å²) in [6.45, 7) is 6.06. The third-order valence-electron chi connectivity index (χ3n) is 8.67. The number of hydrogen-bond acceptors (Lipinski definition) is 3. The van der Waals surface area contributed by atoms with Gasteiger partial charge in [-0.05, 0) is 74.7 Å². The number of ketones is 2. The van der Waals surface area contributed by atoms with Crippen molar-refractivity contribution in [2.75, 3.05) is 0 Å². The molecule has 0 radical (unpaired) electrons. The third-order valence-corrected chi connectivity index (χ3v) is 9.71. The Hall–Kier alpha value is -0.480. The van der Waals surface area contributed by atoms with E-state index in [0.29, 0.717) is 30.0 Å². The number of aliphatic hydroxyl groups is 1. The van der Waals surface area contributed by atoms with Gasteiger partial charge in [0, 0.05) is 11.8 Å². The molecule has 3 nitrogen and oxygen atoms in total. The Kier molecular flexibility index (Phi) is 3.95. The fourth-order valence-electron chi connectivity index (χ4n) is 7.16. The molecule has 25 heavy (non-hydrogen) atoms. The molecule has 0 spiro atoms. The minimum absolute atomic E-state index is 0.0938. The molecule has 4 rings (SSSR count). The number of alkyl halides is 1. The van der Waals surface area contributed by atoms with E-state index in [-0.39, 0.29) is 21.4 Å². The summed E-state index contributed by atoms with van der Waals surface area (Å²) in [7, 11) is 0. The highest BCUT2D eigenvalue weighted by Crippen LogP contribution is 2.68. The molecule has 3 fully saturated rings. The van der Waals surface area contributed by atoms with Crippen LogP contribution in [0.1, 0.15) is 65.7 Å². The lowest BCUT2D eigenvalue weighted by Crippen LogP contribution is -2.59. The number of halogens is 1.